The first-order chi connectivity index (χ1) is 7.34. The molecule has 1 aromatic heterocycles. The molecular formula is C12H12BrNO. The van der Waals surface area contributed by atoms with Gasteiger partial charge in [0.1, 0.15) is 6.61 Å². The minimum Gasteiger partial charge on any atom is -0.473 e. The molecule has 0 radical (unpaired) electrons. The van der Waals surface area contributed by atoms with E-state index in [0.29, 0.717) is 17.3 Å². The number of rotatable bonds is 3. The van der Waals surface area contributed by atoms with Crippen molar-refractivity contribution in [3.05, 3.63) is 48.2 Å². The lowest BCUT2D eigenvalue weighted by Gasteiger charge is -2.11. The minimum atomic E-state index is 0.469. The van der Waals surface area contributed by atoms with Crippen LogP contribution in [-0.2, 0) is 0 Å². The lowest BCUT2D eigenvalue weighted by molar-refractivity contribution is 0.341. The molecule has 0 spiro atoms. The summed E-state index contributed by atoms with van der Waals surface area (Å²) in [6.45, 7) is 0.591. The lowest BCUT2D eigenvalue weighted by Crippen LogP contribution is -2.05. The molecule has 78 valence electrons. The maximum Gasteiger partial charge on any atom is 0.213 e. The Bertz CT molecular complexity index is 372. The molecule has 1 aliphatic carbocycles. The van der Waals surface area contributed by atoms with Crippen LogP contribution in [0, 0.1) is 0 Å². The van der Waals surface area contributed by atoms with Crippen LogP contribution >= 0.6 is 15.9 Å². The Morgan fingerprint density at radius 1 is 1.47 bits per heavy atom. The van der Waals surface area contributed by atoms with Crippen LogP contribution in [0.2, 0.25) is 0 Å². The van der Waals surface area contributed by atoms with Gasteiger partial charge in [0.2, 0.25) is 5.88 Å². The van der Waals surface area contributed by atoms with Gasteiger partial charge in [-0.2, -0.15) is 0 Å². The Balaban J connectivity index is 1.87. The molecule has 2 nitrogen and oxygen atoms in total. The van der Waals surface area contributed by atoms with E-state index in [1.807, 2.05) is 18.2 Å². The SMILES string of the molecule is BrC1C=CC(COc2ccccn2)=CC1. The maximum atomic E-state index is 5.53. The first kappa shape index (κ1) is 10.4. The number of aromatic nitrogens is 1. The molecule has 1 atom stereocenters. The minimum absolute atomic E-state index is 0.469. The number of pyridine rings is 1. The van der Waals surface area contributed by atoms with Crippen LogP contribution in [0.3, 0.4) is 0 Å². The summed E-state index contributed by atoms with van der Waals surface area (Å²) >= 11 is 3.53. The van der Waals surface area contributed by atoms with Gasteiger partial charge in [-0.15, -0.1) is 0 Å². The van der Waals surface area contributed by atoms with Crippen molar-refractivity contribution in [2.24, 2.45) is 0 Å². The zero-order chi connectivity index (χ0) is 10.5. The van der Waals surface area contributed by atoms with Gasteiger partial charge in [-0.1, -0.05) is 40.2 Å². The Kier molecular flexibility index (Phi) is 3.56. The third kappa shape index (κ3) is 3.20. The first-order valence-electron chi connectivity index (χ1n) is 4.90. The van der Waals surface area contributed by atoms with Gasteiger partial charge in [0.05, 0.1) is 0 Å². The molecule has 1 heterocycles. The van der Waals surface area contributed by atoms with Crippen molar-refractivity contribution >= 4 is 15.9 Å². The van der Waals surface area contributed by atoms with Gasteiger partial charge in [0.15, 0.2) is 0 Å². The van der Waals surface area contributed by atoms with E-state index in [4.69, 9.17) is 4.74 Å². The summed E-state index contributed by atoms with van der Waals surface area (Å²) in [5.74, 6) is 0.674. The van der Waals surface area contributed by atoms with E-state index in [1.54, 1.807) is 6.20 Å². The van der Waals surface area contributed by atoms with E-state index in [0.717, 1.165) is 6.42 Å². The second-order valence-electron chi connectivity index (χ2n) is 3.35. The van der Waals surface area contributed by atoms with Gasteiger partial charge < -0.3 is 4.74 Å². The molecule has 2 rings (SSSR count). The lowest BCUT2D eigenvalue weighted by atomic mass is 10.1. The van der Waals surface area contributed by atoms with Crippen molar-refractivity contribution < 1.29 is 4.74 Å². The van der Waals surface area contributed by atoms with Crippen molar-refractivity contribution in [3.63, 3.8) is 0 Å². The van der Waals surface area contributed by atoms with Crippen LogP contribution in [0.4, 0.5) is 0 Å². The largest absolute Gasteiger partial charge is 0.473 e. The van der Waals surface area contributed by atoms with Crippen LogP contribution in [0.1, 0.15) is 6.42 Å². The van der Waals surface area contributed by atoms with Crippen molar-refractivity contribution in [3.8, 4) is 5.88 Å². The summed E-state index contributed by atoms with van der Waals surface area (Å²) < 4.78 is 5.53. The predicted octanol–water partition coefficient (Wildman–Crippen LogP) is 3.11. The standard InChI is InChI=1S/C12H12BrNO/c13-11-6-4-10(5-7-11)9-15-12-3-1-2-8-14-12/h1-6,8,11H,7,9H2. The van der Waals surface area contributed by atoms with Crippen LogP contribution in [0.5, 0.6) is 5.88 Å². The fourth-order valence-electron chi connectivity index (χ4n) is 1.34. The van der Waals surface area contributed by atoms with E-state index >= 15 is 0 Å². The van der Waals surface area contributed by atoms with Crippen LogP contribution in [-0.4, -0.2) is 16.4 Å². The quantitative estimate of drug-likeness (QED) is 0.784. The van der Waals surface area contributed by atoms with Gasteiger partial charge in [0.25, 0.3) is 0 Å². The summed E-state index contributed by atoms with van der Waals surface area (Å²) in [5.41, 5.74) is 1.20. The average molecular weight is 266 g/mol. The Labute approximate surface area is 97.8 Å². The molecule has 0 N–H and O–H groups in total. The van der Waals surface area contributed by atoms with Crippen LogP contribution in [0.25, 0.3) is 0 Å². The third-order valence-corrected chi connectivity index (χ3v) is 2.83. The number of alkyl halides is 1. The predicted molar refractivity (Wildman–Crippen MR) is 64.3 cm³/mol. The van der Waals surface area contributed by atoms with Crippen molar-refractivity contribution in [1.29, 1.82) is 0 Å². The van der Waals surface area contributed by atoms with E-state index in [2.05, 4.69) is 39.1 Å². The summed E-state index contributed by atoms with van der Waals surface area (Å²) in [4.78, 5) is 4.56. The van der Waals surface area contributed by atoms with E-state index < -0.39 is 0 Å². The highest BCUT2D eigenvalue weighted by molar-refractivity contribution is 9.09. The third-order valence-electron chi connectivity index (χ3n) is 2.15. The summed E-state index contributed by atoms with van der Waals surface area (Å²) in [6, 6.07) is 5.66. The van der Waals surface area contributed by atoms with E-state index in [1.165, 1.54) is 5.57 Å². The Hall–Kier alpha value is -1.09. The molecule has 15 heavy (non-hydrogen) atoms. The normalized spacial score (nSPS) is 19.8. The molecule has 1 aromatic rings. The Morgan fingerprint density at radius 2 is 2.40 bits per heavy atom. The summed E-state index contributed by atoms with van der Waals surface area (Å²) in [5, 5.41) is 0. The van der Waals surface area contributed by atoms with E-state index in [9.17, 15) is 0 Å². The number of hydrogen-bond donors (Lipinski definition) is 0. The molecular weight excluding hydrogens is 254 g/mol. The molecule has 0 saturated heterocycles. The average Bonchev–Trinajstić information content (AvgIpc) is 2.30. The molecule has 3 heteroatoms. The van der Waals surface area contributed by atoms with Crippen molar-refractivity contribution in [1.82, 2.24) is 4.98 Å². The molecule has 0 aliphatic heterocycles. The fraction of sp³-hybridized carbons (Fsp3) is 0.250. The highest BCUT2D eigenvalue weighted by Crippen LogP contribution is 2.17. The van der Waals surface area contributed by atoms with Crippen LogP contribution < -0.4 is 4.74 Å². The summed E-state index contributed by atoms with van der Waals surface area (Å²) in [6.07, 6.45) is 9.16. The zero-order valence-electron chi connectivity index (χ0n) is 8.27. The van der Waals surface area contributed by atoms with Crippen molar-refractivity contribution in [2.75, 3.05) is 6.61 Å². The second kappa shape index (κ2) is 5.12. The smallest absolute Gasteiger partial charge is 0.213 e. The number of nitrogens with zero attached hydrogens (tertiary/aromatic N) is 1. The van der Waals surface area contributed by atoms with Gasteiger partial charge in [-0.05, 0) is 18.1 Å². The molecule has 1 unspecified atom stereocenters. The fourth-order valence-corrected chi connectivity index (χ4v) is 1.67. The maximum absolute atomic E-state index is 5.53. The monoisotopic (exact) mass is 265 g/mol. The number of halogens is 1. The van der Waals surface area contributed by atoms with Gasteiger partial charge in [-0.3, -0.25) is 0 Å². The number of ether oxygens (including phenoxy) is 1. The van der Waals surface area contributed by atoms with Gasteiger partial charge in [0, 0.05) is 17.1 Å². The van der Waals surface area contributed by atoms with Crippen molar-refractivity contribution in [2.45, 2.75) is 11.2 Å². The number of allylic oxidation sites excluding steroid dienone is 2. The first-order valence-corrected chi connectivity index (χ1v) is 5.81. The molecule has 1 aliphatic rings. The summed E-state index contributed by atoms with van der Waals surface area (Å²) in [7, 11) is 0. The van der Waals surface area contributed by atoms with Gasteiger partial charge >= 0.3 is 0 Å². The zero-order valence-corrected chi connectivity index (χ0v) is 9.85. The number of hydrogen-bond acceptors (Lipinski definition) is 2. The topological polar surface area (TPSA) is 22.1 Å². The molecule has 0 amide bonds. The molecule has 0 fully saturated rings. The molecule has 0 bridgehead atoms. The molecule has 0 saturated carbocycles. The highest BCUT2D eigenvalue weighted by atomic mass is 79.9. The highest BCUT2D eigenvalue weighted by Gasteiger charge is 2.05. The van der Waals surface area contributed by atoms with Crippen LogP contribution in [0.15, 0.2) is 48.2 Å². The Morgan fingerprint density at radius 3 is 3.07 bits per heavy atom. The van der Waals surface area contributed by atoms with Gasteiger partial charge in [-0.25, -0.2) is 4.98 Å². The second-order valence-corrected chi connectivity index (χ2v) is 4.52. The molecule has 0 aromatic carbocycles. The van der Waals surface area contributed by atoms with E-state index in [-0.39, 0.29) is 0 Å².